The third-order valence-electron chi connectivity index (χ3n) is 3.92. The fourth-order valence-electron chi connectivity index (χ4n) is 2.67. The molecule has 0 bridgehead atoms. The molecule has 1 fully saturated rings. The highest BCUT2D eigenvalue weighted by atomic mass is 16.5. The molecule has 0 unspecified atom stereocenters. The Bertz CT molecular complexity index is 397. The smallest absolute Gasteiger partial charge is 0.0599 e. The predicted octanol–water partition coefficient (Wildman–Crippen LogP) is 2.58. The molecule has 1 aliphatic rings. The van der Waals surface area contributed by atoms with Gasteiger partial charge in [-0.05, 0) is 31.4 Å². The van der Waals surface area contributed by atoms with Crippen molar-refractivity contribution < 1.29 is 4.74 Å². The van der Waals surface area contributed by atoms with Crippen molar-refractivity contribution in [2.45, 2.75) is 58.8 Å². The highest BCUT2D eigenvalue weighted by Gasteiger charge is 2.19. The Hall–Kier alpha value is -0.970. The molecule has 1 saturated heterocycles. The van der Waals surface area contributed by atoms with Gasteiger partial charge in [0, 0.05) is 45.0 Å². The zero-order valence-electron chi connectivity index (χ0n) is 13.6. The average Bonchev–Trinajstić information content (AvgIpc) is 2.49. The highest BCUT2D eigenvalue weighted by Crippen LogP contribution is 2.15. The normalized spacial score (nSPS) is 17.5. The first kappa shape index (κ1) is 16.4. The van der Waals surface area contributed by atoms with Crippen molar-refractivity contribution in [2.24, 2.45) is 0 Å². The summed E-state index contributed by atoms with van der Waals surface area (Å²) in [6, 6.07) is 4.85. The van der Waals surface area contributed by atoms with E-state index in [-0.39, 0.29) is 0 Å². The topological polar surface area (TPSA) is 37.4 Å². The van der Waals surface area contributed by atoms with Crippen molar-refractivity contribution in [2.75, 3.05) is 19.7 Å². The maximum Gasteiger partial charge on any atom is 0.0599 e. The minimum atomic E-state index is 0.462. The largest absolute Gasteiger partial charge is 0.378 e. The van der Waals surface area contributed by atoms with Gasteiger partial charge in [0.1, 0.15) is 0 Å². The van der Waals surface area contributed by atoms with E-state index in [0.29, 0.717) is 12.1 Å². The number of likely N-dealkylation sites (tertiary alicyclic amines) is 1. The van der Waals surface area contributed by atoms with E-state index < -0.39 is 0 Å². The summed E-state index contributed by atoms with van der Waals surface area (Å²) in [5.41, 5.74) is 2.42. The molecule has 1 aromatic heterocycles. The van der Waals surface area contributed by atoms with Crippen LogP contribution in [0, 0.1) is 0 Å². The molecular formula is C17H29N3O. The molecule has 21 heavy (non-hydrogen) atoms. The fourth-order valence-corrected chi connectivity index (χ4v) is 2.67. The lowest BCUT2D eigenvalue weighted by atomic mass is 10.1. The van der Waals surface area contributed by atoms with Crippen LogP contribution in [0.4, 0.5) is 0 Å². The summed E-state index contributed by atoms with van der Waals surface area (Å²) >= 11 is 0. The van der Waals surface area contributed by atoms with Crippen molar-refractivity contribution in [1.82, 2.24) is 15.2 Å². The Labute approximate surface area is 128 Å². The summed E-state index contributed by atoms with van der Waals surface area (Å²) in [4.78, 5) is 7.07. The van der Waals surface area contributed by atoms with Gasteiger partial charge in [0.25, 0.3) is 0 Å². The number of nitrogens with zero attached hydrogens (tertiary/aromatic N) is 2. The summed E-state index contributed by atoms with van der Waals surface area (Å²) in [6.07, 6.45) is 4.75. The number of pyridine rings is 1. The number of nitrogens with one attached hydrogen (secondary N) is 1. The van der Waals surface area contributed by atoms with E-state index in [1.54, 1.807) is 0 Å². The Morgan fingerprint density at radius 3 is 2.67 bits per heavy atom. The zero-order valence-corrected chi connectivity index (χ0v) is 13.6. The molecule has 0 aromatic carbocycles. The van der Waals surface area contributed by atoms with Gasteiger partial charge >= 0.3 is 0 Å². The molecule has 2 heterocycles. The molecule has 1 aliphatic heterocycles. The van der Waals surface area contributed by atoms with Gasteiger partial charge in [-0.15, -0.1) is 0 Å². The molecule has 1 N–H and O–H groups in total. The molecule has 4 heteroatoms. The molecule has 4 nitrogen and oxygen atoms in total. The first-order valence-corrected chi connectivity index (χ1v) is 8.18. The molecule has 0 radical (unpaired) electrons. The van der Waals surface area contributed by atoms with Gasteiger partial charge in [0.05, 0.1) is 11.8 Å². The van der Waals surface area contributed by atoms with Crippen LogP contribution >= 0.6 is 0 Å². The van der Waals surface area contributed by atoms with Crippen LogP contribution in [-0.2, 0) is 17.8 Å². The molecule has 118 valence electrons. The van der Waals surface area contributed by atoms with Crippen molar-refractivity contribution >= 4 is 0 Å². The monoisotopic (exact) mass is 291 g/mol. The van der Waals surface area contributed by atoms with Crippen molar-refractivity contribution in [3.63, 3.8) is 0 Å². The second-order valence-corrected chi connectivity index (χ2v) is 6.12. The minimum absolute atomic E-state index is 0.462. The number of rotatable bonds is 7. The molecule has 1 aromatic rings. The van der Waals surface area contributed by atoms with E-state index >= 15 is 0 Å². The van der Waals surface area contributed by atoms with E-state index in [1.165, 1.54) is 5.56 Å². The zero-order chi connectivity index (χ0) is 15.1. The van der Waals surface area contributed by atoms with Gasteiger partial charge in [0.2, 0.25) is 0 Å². The van der Waals surface area contributed by atoms with Crippen LogP contribution < -0.4 is 5.32 Å². The van der Waals surface area contributed by atoms with Gasteiger partial charge in [-0.2, -0.15) is 0 Å². The lowest BCUT2D eigenvalue weighted by Crippen LogP contribution is -2.36. The quantitative estimate of drug-likeness (QED) is 0.838. The second kappa shape index (κ2) is 8.47. The summed E-state index contributed by atoms with van der Waals surface area (Å²) < 4.78 is 5.69. The predicted molar refractivity (Wildman–Crippen MR) is 86.1 cm³/mol. The van der Waals surface area contributed by atoms with Crippen LogP contribution in [-0.4, -0.2) is 41.7 Å². The van der Waals surface area contributed by atoms with E-state index in [1.807, 2.05) is 6.20 Å². The van der Waals surface area contributed by atoms with E-state index in [2.05, 4.69) is 48.1 Å². The maximum absolute atomic E-state index is 5.69. The summed E-state index contributed by atoms with van der Waals surface area (Å²) in [5, 5.41) is 3.42. The van der Waals surface area contributed by atoms with Crippen LogP contribution in [0.3, 0.4) is 0 Å². The van der Waals surface area contributed by atoms with Gasteiger partial charge in [0.15, 0.2) is 0 Å². The second-order valence-electron chi connectivity index (χ2n) is 6.12. The van der Waals surface area contributed by atoms with Crippen molar-refractivity contribution in [3.05, 3.63) is 29.6 Å². The molecule has 0 saturated carbocycles. The van der Waals surface area contributed by atoms with Crippen LogP contribution in [0.15, 0.2) is 18.3 Å². The highest BCUT2D eigenvalue weighted by molar-refractivity contribution is 5.14. The molecule has 0 amide bonds. The Morgan fingerprint density at radius 1 is 1.33 bits per heavy atom. The number of ether oxygens (including phenoxy) is 1. The summed E-state index contributed by atoms with van der Waals surface area (Å²) in [7, 11) is 0. The lowest BCUT2D eigenvalue weighted by molar-refractivity contribution is 0.0123. The standard InChI is InChI=1S/C17H29N3O/c1-4-21-17-7-9-20(10-8-17)13-16-6-5-15(12-19-16)11-18-14(2)3/h5-6,12,14,17-18H,4,7-11,13H2,1-3H3. The van der Waals surface area contributed by atoms with Gasteiger partial charge in [-0.3, -0.25) is 9.88 Å². The summed E-state index contributed by atoms with van der Waals surface area (Å²) in [5.74, 6) is 0. The Kier molecular flexibility index (Phi) is 6.61. The number of aromatic nitrogens is 1. The van der Waals surface area contributed by atoms with Gasteiger partial charge in [-0.25, -0.2) is 0 Å². The molecular weight excluding hydrogens is 262 g/mol. The van der Waals surface area contributed by atoms with E-state index in [0.717, 1.165) is 51.3 Å². The number of piperidine rings is 1. The van der Waals surface area contributed by atoms with Crippen molar-refractivity contribution in [1.29, 1.82) is 0 Å². The minimum Gasteiger partial charge on any atom is -0.378 e. The lowest BCUT2D eigenvalue weighted by Gasteiger charge is -2.31. The molecule has 0 spiro atoms. The SMILES string of the molecule is CCOC1CCN(Cc2ccc(CNC(C)C)cn2)CC1. The van der Waals surface area contributed by atoms with Crippen LogP contribution in [0.5, 0.6) is 0 Å². The average molecular weight is 291 g/mol. The number of hydrogen-bond acceptors (Lipinski definition) is 4. The summed E-state index contributed by atoms with van der Waals surface area (Å²) in [6.45, 7) is 11.3. The molecule has 0 atom stereocenters. The molecule has 0 aliphatic carbocycles. The van der Waals surface area contributed by atoms with Crippen LogP contribution in [0.1, 0.15) is 44.9 Å². The van der Waals surface area contributed by atoms with Gasteiger partial charge in [-0.1, -0.05) is 19.9 Å². The van der Waals surface area contributed by atoms with Crippen LogP contribution in [0.25, 0.3) is 0 Å². The molecule has 2 rings (SSSR count). The Balaban J connectivity index is 1.76. The van der Waals surface area contributed by atoms with Gasteiger partial charge < -0.3 is 10.1 Å². The van der Waals surface area contributed by atoms with E-state index in [9.17, 15) is 0 Å². The third-order valence-corrected chi connectivity index (χ3v) is 3.92. The van der Waals surface area contributed by atoms with Crippen molar-refractivity contribution in [3.8, 4) is 0 Å². The third kappa shape index (κ3) is 5.73. The van der Waals surface area contributed by atoms with Crippen LogP contribution in [0.2, 0.25) is 0 Å². The number of hydrogen-bond donors (Lipinski definition) is 1. The maximum atomic E-state index is 5.69. The fraction of sp³-hybridized carbons (Fsp3) is 0.706. The first-order chi connectivity index (χ1) is 10.2. The van der Waals surface area contributed by atoms with E-state index in [4.69, 9.17) is 4.74 Å². The first-order valence-electron chi connectivity index (χ1n) is 8.18. The Morgan fingerprint density at radius 2 is 2.10 bits per heavy atom.